The summed E-state index contributed by atoms with van der Waals surface area (Å²) < 4.78 is 5.76. The lowest BCUT2D eigenvalue weighted by Crippen LogP contribution is -2.43. The number of hydrogen-bond donors (Lipinski definition) is 3. The van der Waals surface area contributed by atoms with Crippen molar-refractivity contribution in [1.29, 1.82) is 0 Å². The third kappa shape index (κ3) is 6.58. The number of rotatable bonds is 8. The zero-order valence-corrected chi connectivity index (χ0v) is 21.1. The van der Waals surface area contributed by atoms with Crippen molar-refractivity contribution < 1.29 is 14.0 Å². The molecule has 2 rings (SSSR count). The molecule has 170 valence electrons. The molecule has 1 unspecified atom stereocenters. The fraction of sp³-hybridized carbons (Fsp3) is 0.700. The molecule has 1 aliphatic heterocycles. The minimum absolute atomic E-state index is 0. The molecule has 0 spiro atoms. The molecule has 1 aromatic rings. The highest BCUT2D eigenvalue weighted by Crippen LogP contribution is 2.23. The van der Waals surface area contributed by atoms with Gasteiger partial charge in [-0.1, -0.05) is 27.7 Å². The second-order valence-electron chi connectivity index (χ2n) is 8.42. The minimum atomic E-state index is -0.789. The highest BCUT2D eigenvalue weighted by Gasteiger charge is 2.45. The summed E-state index contributed by atoms with van der Waals surface area (Å²) in [5, 5.41) is 9.15. The second kappa shape index (κ2) is 11.0. The third-order valence-electron chi connectivity index (χ3n) is 4.91. The van der Waals surface area contributed by atoms with Gasteiger partial charge in [0, 0.05) is 25.0 Å². The van der Waals surface area contributed by atoms with Gasteiger partial charge in [-0.05, 0) is 26.7 Å². The van der Waals surface area contributed by atoms with E-state index in [2.05, 4.69) is 46.7 Å². The first-order valence-corrected chi connectivity index (χ1v) is 10.2. The summed E-state index contributed by atoms with van der Waals surface area (Å²) >= 11 is 0. The largest absolute Gasteiger partial charge is 0.443 e. The Labute approximate surface area is 195 Å². The summed E-state index contributed by atoms with van der Waals surface area (Å²) in [7, 11) is 0. The third-order valence-corrected chi connectivity index (χ3v) is 4.91. The van der Waals surface area contributed by atoms with E-state index in [9.17, 15) is 9.59 Å². The van der Waals surface area contributed by atoms with Crippen molar-refractivity contribution in [1.82, 2.24) is 25.8 Å². The van der Waals surface area contributed by atoms with Crippen molar-refractivity contribution in [2.45, 2.75) is 71.9 Å². The number of halogens is 1. The van der Waals surface area contributed by atoms with E-state index < -0.39 is 5.54 Å². The number of carbonyl (C=O) groups is 2. The van der Waals surface area contributed by atoms with E-state index in [1.807, 2.05) is 13.8 Å². The zero-order chi connectivity index (χ0) is 21.7. The predicted octanol–water partition coefficient (Wildman–Crippen LogP) is 2.76. The fourth-order valence-corrected chi connectivity index (χ4v) is 2.85. The number of urea groups is 1. The summed E-state index contributed by atoms with van der Waals surface area (Å²) in [6.07, 6.45) is 2.94. The maximum atomic E-state index is 12.4. The summed E-state index contributed by atoms with van der Waals surface area (Å²) in [5.74, 6) is 1.86. The van der Waals surface area contributed by atoms with Gasteiger partial charge >= 0.3 is 6.03 Å². The van der Waals surface area contributed by atoms with Crippen LogP contribution in [-0.4, -0.2) is 53.0 Å². The van der Waals surface area contributed by atoms with E-state index in [0.29, 0.717) is 50.9 Å². The van der Waals surface area contributed by atoms with Crippen molar-refractivity contribution in [2.24, 2.45) is 4.99 Å². The molecular weight excluding hydrogens is 499 g/mol. The number of guanidine groups is 1. The van der Waals surface area contributed by atoms with Crippen LogP contribution >= 0.6 is 24.0 Å². The Hall–Kier alpha value is -1.85. The second-order valence-corrected chi connectivity index (χ2v) is 8.42. The number of nitrogens with one attached hydrogen (secondary N) is 3. The van der Waals surface area contributed by atoms with Crippen LogP contribution in [0, 0.1) is 0 Å². The molecule has 1 fully saturated rings. The van der Waals surface area contributed by atoms with Crippen LogP contribution < -0.4 is 16.0 Å². The van der Waals surface area contributed by atoms with E-state index in [4.69, 9.17) is 4.42 Å². The Morgan fingerprint density at radius 2 is 2.00 bits per heavy atom. The van der Waals surface area contributed by atoms with Gasteiger partial charge in [0.25, 0.3) is 5.91 Å². The van der Waals surface area contributed by atoms with Gasteiger partial charge < -0.3 is 20.4 Å². The van der Waals surface area contributed by atoms with E-state index in [0.717, 1.165) is 5.76 Å². The van der Waals surface area contributed by atoms with Gasteiger partial charge in [-0.25, -0.2) is 14.8 Å². The van der Waals surface area contributed by atoms with E-state index in [1.165, 1.54) is 4.90 Å². The molecule has 9 nitrogen and oxygen atoms in total. The summed E-state index contributed by atoms with van der Waals surface area (Å²) in [6, 6.07) is -0.321. The number of aromatic nitrogens is 1. The van der Waals surface area contributed by atoms with Crippen LogP contribution in [0.4, 0.5) is 4.79 Å². The smallest absolute Gasteiger partial charge is 0.325 e. The van der Waals surface area contributed by atoms with Gasteiger partial charge in [0.2, 0.25) is 5.89 Å². The molecule has 3 N–H and O–H groups in total. The van der Waals surface area contributed by atoms with Crippen LogP contribution in [0.1, 0.15) is 66.0 Å². The lowest BCUT2D eigenvalue weighted by Gasteiger charge is -2.19. The van der Waals surface area contributed by atoms with Crippen molar-refractivity contribution in [3.8, 4) is 0 Å². The van der Waals surface area contributed by atoms with E-state index in [1.54, 1.807) is 13.1 Å². The van der Waals surface area contributed by atoms with Crippen LogP contribution in [0.2, 0.25) is 0 Å². The fourth-order valence-electron chi connectivity index (χ4n) is 2.85. The standard InChI is InChI=1S/C20H34N6O3.HI/c1-7-20(6)16(27)26(18(28)25-20)11-9-10-22-17(21-8-2)24-13-15-23-12-14(29-15)19(3,4)5;/h12H,7-11,13H2,1-6H3,(H,25,28)(H2,21,22,24);1H. The average molecular weight is 534 g/mol. The first-order valence-electron chi connectivity index (χ1n) is 10.2. The van der Waals surface area contributed by atoms with Crippen molar-refractivity contribution in [2.75, 3.05) is 19.6 Å². The molecule has 0 bridgehead atoms. The highest BCUT2D eigenvalue weighted by molar-refractivity contribution is 14.0. The van der Waals surface area contributed by atoms with Crippen LogP contribution in [0.25, 0.3) is 0 Å². The molecule has 0 aliphatic carbocycles. The molecule has 0 aromatic carbocycles. The molecule has 1 atom stereocenters. The molecule has 1 aliphatic rings. The maximum Gasteiger partial charge on any atom is 0.325 e. The van der Waals surface area contributed by atoms with E-state index in [-0.39, 0.29) is 41.3 Å². The monoisotopic (exact) mass is 534 g/mol. The molecule has 0 radical (unpaired) electrons. The Balaban J connectivity index is 0.00000450. The molecule has 2 heterocycles. The Morgan fingerprint density at radius 3 is 2.53 bits per heavy atom. The summed E-state index contributed by atoms with van der Waals surface area (Å²) in [5.41, 5.74) is -0.881. The number of amides is 3. The Bertz CT molecular complexity index is 758. The predicted molar refractivity (Wildman–Crippen MR) is 127 cm³/mol. The maximum absolute atomic E-state index is 12.4. The van der Waals surface area contributed by atoms with Gasteiger partial charge in [-0.2, -0.15) is 0 Å². The molecular formula is C20H35IN6O3. The number of oxazole rings is 1. The Morgan fingerprint density at radius 1 is 1.30 bits per heavy atom. The van der Waals surface area contributed by atoms with E-state index >= 15 is 0 Å². The van der Waals surface area contributed by atoms with Crippen molar-refractivity contribution in [3.05, 3.63) is 17.8 Å². The highest BCUT2D eigenvalue weighted by atomic mass is 127. The molecule has 0 saturated carbocycles. The number of imide groups is 1. The SMILES string of the molecule is CCNC(=NCc1ncc(C(C)(C)C)o1)NCCCN1C(=O)NC(C)(CC)C1=O.I. The van der Waals surface area contributed by atoms with Crippen molar-refractivity contribution in [3.63, 3.8) is 0 Å². The van der Waals surface area contributed by atoms with Gasteiger partial charge in [-0.15, -0.1) is 24.0 Å². The normalized spacial score (nSPS) is 19.5. The molecule has 30 heavy (non-hydrogen) atoms. The first kappa shape index (κ1) is 26.2. The molecule has 1 aromatic heterocycles. The zero-order valence-electron chi connectivity index (χ0n) is 18.8. The van der Waals surface area contributed by atoms with Gasteiger partial charge in [0.1, 0.15) is 17.8 Å². The number of hydrogen-bond acceptors (Lipinski definition) is 5. The van der Waals surface area contributed by atoms with Gasteiger partial charge in [0.05, 0.1) is 6.20 Å². The summed E-state index contributed by atoms with van der Waals surface area (Å²) in [6.45, 7) is 13.8. The Kier molecular flexibility index (Phi) is 9.57. The van der Waals surface area contributed by atoms with Crippen LogP contribution in [0.5, 0.6) is 0 Å². The minimum Gasteiger partial charge on any atom is -0.443 e. The lowest BCUT2D eigenvalue weighted by molar-refractivity contribution is -0.130. The number of carbonyl (C=O) groups excluding carboxylic acids is 2. The number of nitrogens with zero attached hydrogens (tertiary/aromatic N) is 3. The van der Waals surface area contributed by atoms with Gasteiger partial charge in [-0.3, -0.25) is 9.69 Å². The van der Waals surface area contributed by atoms with Crippen molar-refractivity contribution >= 4 is 41.9 Å². The van der Waals surface area contributed by atoms with Gasteiger partial charge in [0.15, 0.2) is 5.96 Å². The average Bonchev–Trinajstić information content (AvgIpc) is 3.21. The van der Waals surface area contributed by atoms with Crippen LogP contribution in [-0.2, 0) is 16.8 Å². The summed E-state index contributed by atoms with van der Waals surface area (Å²) in [4.78, 5) is 34.5. The first-order chi connectivity index (χ1) is 13.6. The molecule has 1 saturated heterocycles. The number of aliphatic imine (C=N–C) groups is 1. The van der Waals surface area contributed by atoms with Crippen LogP contribution in [0.3, 0.4) is 0 Å². The lowest BCUT2D eigenvalue weighted by atomic mass is 9.94. The molecule has 10 heteroatoms. The quantitative estimate of drug-likeness (QED) is 0.156. The topological polar surface area (TPSA) is 112 Å². The molecule has 3 amide bonds. The van der Waals surface area contributed by atoms with Crippen LogP contribution in [0.15, 0.2) is 15.6 Å².